The number of aromatic nitrogens is 1. The quantitative estimate of drug-likeness (QED) is 0.682. The largest absolute Gasteiger partial charge is 0.497 e. The number of benzene rings is 2. The summed E-state index contributed by atoms with van der Waals surface area (Å²) in [5, 5.41) is 3.84. The Bertz CT molecular complexity index is 1050. The molecule has 0 bridgehead atoms. The molecule has 0 aliphatic carbocycles. The van der Waals surface area contributed by atoms with Crippen LogP contribution in [-0.2, 0) is 11.3 Å². The number of pyridine rings is 1. The average Bonchev–Trinajstić information content (AvgIpc) is 2.68. The van der Waals surface area contributed by atoms with Crippen LogP contribution in [0.1, 0.15) is 41.5 Å². The van der Waals surface area contributed by atoms with Gasteiger partial charge < -0.3 is 15.0 Å². The van der Waals surface area contributed by atoms with Crippen molar-refractivity contribution in [1.82, 2.24) is 10.3 Å². The second-order valence-corrected chi connectivity index (χ2v) is 7.30. The maximum Gasteiger partial charge on any atom is 0.253 e. The van der Waals surface area contributed by atoms with Crippen LogP contribution in [0.2, 0.25) is 0 Å². The summed E-state index contributed by atoms with van der Waals surface area (Å²) < 4.78 is 5.16. The minimum atomic E-state index is -0.167. The Labute approximate surface area is 164 Å². The fourth-order valence-corrected chi connectivity index (χ4v) is 3.25. The van der Waals surface area contributed by atoms with Gasteiger partial charge in [-0.3, -0.25) is 9.59 Å². The predicted molar refractivity (Wildman–Crippen MR) is 112 cm³/mol. The van der Waals surface area contributed by atoms with Crippen molar-refractivity contribution >= 4 is 16.8 Å². The van der Waals surface area contributed by atoms with E-state index in [-0.39, 0.29) is 23.9 Å². The highest BCUT2D eigenvalue weighted by Gasteiger charge is 2.12. The number of nitrogens with one attached hydrogen (secondary N) is 2. The summed E-state index contributed by atoms with van der Waals surface area (Å²) in [6, 6.07) is 13.6. The van der Waals surface area contributed by atoms with Crippen molar-refractivity contribution in [2.75, 3.05) is 7.11 Å². The van der Waals surface area contributed by atoms with Gasteiger partial charge >= 0.3 is 0 Å². The first-order valence-corrected chi connectivity index (χ1v) is 9.41. The van der Waals surface area contributed by atoms with Gasteiger partial charge in [0.05, 0.1) is 7.11 Å². The average molecular weight is 378 g/mol. The highest BCUT2D eigenvalue weighted by molar-refractivity contribution is 5.81. The number of H-pyrrole nitrogens is 1. The predicted octanol–water partition coefficient (Wildman–Crippen LogP) is 3.96. The van der Waals surface area contributed by atoms with Gasteiger partial charge in [0, 0.05) is 24.0 Å². The zero-order valence-corrected chi connectivity index (χ0v) is 16.8. The molecule has 0 radical (unpaired) electrons. The smallest absolute Gasteiger partial charge is 0.253 e. The van der Waals surface area contributed by atoms with Crippen molar-refractivity contribution in [3.05, 3.63) is 75.1 Å². The number of carbonyl (C=O) groups excluding carboxylic acids is 1. The third kappa shape index (κ3) is 4.42. The Morgan fingerprint density at radius 2 is 1.79 bits per heavy atom. The van der Waals surface area contributed by atoms with E-state index >= 15 is 0 Å². The van der Waals surface area contributed by atoms with Gasteiger partial charge in [0.15, 0.2) is 0 Å². The van der Waals surface area contributed by atoms with E-state index in [1.54, 1.807) is 7.11 Å². The van der Waals surface area contributed by atoms with Gasteiger partial charge in [-0.15, -0.1) is 0 Å². The minimum Gasteiger partial charge on any atom is -0.497 e. The standard InChI is InChI=1S/C23H26N2O3/c1-14-9-18-12-19(23(27)25-21(18)10-15(14)2)13-24-22(26)11-16(3)17-5-7-20(28-4)8-6-17/h5-10,12,16H,11,13H2,1-4H3,(H,24,26)(H,25,27). The molecule has 5 heteroatoms. The molecule has 1 amide bonds. The maximum atomic E-state index is 12.3. The Balaban J connectivity index is 1.65. The van der Waals surface area contributed by atoms with Gasteiger partial charge in [0.1, 0.15) is 5.75 Å². The fourth-order valence-electron chi connectivity index (χ4n) is 3.25. The van der Waals surface area contributed by atoms with Crippen LogP contribution in [0.4, 0.5) is 0 Å². The molecule has 2 aromatic carbocycles. The zero-order valence-electron chi connectivity index (χ0n) is 16.8. The van der Waals surface area contributed by atoms with Crippen molar-refractivity contribution in [2.24, 2.45) is 0 Å². The molecule has 2 N–H and O–H groups in total. The first-order chi connectivity index (χ1) is 13.4. The first-order valence-electron chi connectivity index (χ1n) is 9.41. The van der Waals surface area contributed by atoms with Gasteiger partial charge in [-0.2, -0.15) is 0 Å². The third-order valence-electron chi connectivity index (χ3n) is 5.19. The Hall–Kier alpha value is -3.08. The number of amides is 1. The highest BCUT2D eigenvalue weighted by Crippen LogP contribution is 2.22. The number of hydrogen-bond donors (Lipinski definition) is 2. The molecule has 0 aliphatic heterocycles. The number of hydrogen-bond acceptors (Lipinski definition) is 3. The van der Waals surface area contributed by atoms with Gasteiger partial charge in [0.2, 0.25) is 5.91 Å². The Morgan fingerprint density at radius 3 is 2.46 bits per heavy atom. The number of fused-ring (bicyclic) bond motifs is 1. The van der Waals surface area contributed by atoms with Crippen molar-refractivity contribution in [1.29, 1.82) is 0 Å². The van der Waals surface area contributed by atoms with Crippen molar-refractivity contribution in [3.8, 4) is 5.75 Å². The summed E-state index contributed by atoms with van der Waals surface area (Å²) in [4.78, 5) is 27.6. The van der Waals surface area contributed by atoms with E-state index < -0.39 is 0 Å². The molecule has 5 nitrogen and oxygen atoms in total. The number of rotatable bonds is 6. The van der Waals surface area contributed by atoms with Crippen LogP contribution in [0.3, 0.4) is 0 Å². The molecule has 1 atom stereocenters. The molecule has 0 aliphatic rings. The SMILES string of the molecule is COc1ccc(C(C)CC(=O)NCc2cc3cc(C)c(C)cc3[nH]c2=O)cc1. The van der Waals surface area contributed by atoms with Crippen LogP contribution in [0.25, 0.3) is 10.9 Å². The number of ether oxygens (including phenoxy) is 1. The van der Waals surface area contributed by atoms with Gasteiger partial charge in [-0.1, -0.05) is 19.1 Å². The molecule has 1 unspecified atom stereocenters. The monoisotopic (exact) mass is 378 g/mol. The van der Waals surface area contributed by atoms with Crippen molar-refractivity contribution < 1.29 is 9.53 Å². The zero-order chi connectivity index (χ0) is 20.3. The summed E-state index contributed by atoms with van der Waals surface area (Å²) >= 11 is 0. The Kier molecular flexibility index (Phi) is 5.83. The van der Waals surface area contributed by atoms with Crippen molar-refractivity contribution in [3.63, 3.8) is 0 Å². The molecule has 0 fully saturated rings. The lowest BCUT2D eigenvalue weighted by Gasteiger charge is -2.13. The molecule has 0 saturated heterocycles. The van der Waals surface area contributed by atoms with E-state index in [1.807, 2.05) is 57.2 Å². The fraction of sp³-hybridized carbons (Fsp3) is 0.304. The van der Waals surface area contributed by atoms with Crippen LogP contribution in [0.15, 0.2) is 47.3 Å². The van der Waals surface area contributed by atoms with E-state index in [9.17, 15) is 9.59 Å². The van der Waals surface area contributed by atoms with Crippen LogP contribution in [0, 0.1) is 13.8 Å². The van der Waals surface area contributed by atoms with Crippen LogP contribution in [0.5, 0.6) is 5.75 Å². The number of carbonyl (C=O) groups is 1. The number of aromatic amines is 1. The van der Waals surface area contributed by atoms with E-state index in [4.69, 9.17) is 4.74 Å². The normalized spacial score (nSPS) is 12.0. The van der Waals surface area contributed by atoms with Crippen LogP contribution < -0.4 is 15.6 Å². The van der Waals surface area contributed by atoms with Crippen LogP contribution in [-0.4, -0.2) is 18.0 Å². The third-order valence-corrected chi connectivity index (χ3v) is 5.19. The van der Waals surface area contributed by atoms with E-state index in [0.29, 0.717) is 12.0 Å². The minimum absolute atomic E-state index is 0.0754. The maximum absolute atomic E-state index is 12.3. The van der Waals surface area contributed by atoms with Gasteiger partial charge in [-0.25, -0.2) is 0 Å². The summed E-state index contributed by atoms with van der Waals surface area (Å²) in [5.41, 5.74) is 4.58. The summed E-state index contributed by atoms with van der Waals surface area (Å²) in [6.45, 7) is 6.29. The van der Waals surface area contributed by atoms with E-state index in [1.165, 1.54) is 5.56 Å². The topological polar surface area (TPSA) is 71.2 Å². The lowest BCUT2D eigenvalue weighted by molar-refractivity contribution is -0.121. The molecule has 1 aromatic heterocycles. The molecular weight excluding hydrogens is 352 g/mol. The van der Waals surface area contributed by atoms with Crippen molar-refractivity contribution in [2.45, 2.75) is 39.7 Å². The number of aryl methyl sites for hydroxylation is 2. The molecule has 3 rings (SSSR count). The summed E-state index contributed by atoms with van der Waals surface area (Å²) in [7, 11) is 1.63. The molecule has 0 saturated carbocycles. The number of methoxy groups -OCH3 is 1. The molecule has 0 spiro atoms. The lowest BCUT2D eigenvalue weighted by atomic mass is 9.97. The van der Waals surface area contributed by atoms with Gasteiger partial charge in [-0.05, 0) is 72.2 Å². The molecule has 1 heterocycles. The summed E-state index contributed by atoms with van der Waals surface area (Å²) in [5.74, 6) is 0.788. The van der Waals surface area contributed by atoms with Crippen LogP contribution >= 0.6 is 0 Å². The van der Waals surface area contributed by atoms with Gasteiger partial charge in [0.25, 0.3) is 5.56 Å². The molecule has 146 valence electrons. The molecule has 28 heavy (non-hydrogen) atoms. The second kappa shape index (κ2) is 8.30. The lowest BCUT2D eigenvalue weighted by Crippen LogP contribution is -2.27. The van der Waals surface area contributed by atoms with E-state index in [0.717, 1.165) is 27.8 Å². The highest BCUT2D eigenvalue weighted by atomic mass is 16.5. The summed E-state index contributed by atoms with van der Waals surface area (Å²) in [6.07, 6.45) is 0.357. The Morgan fingerprint density at radius 1 is 1.11 bits per heavy atom. The first kappa shape index (κ1) is 19.7. The molecule has 3 aromatic rings. The van der Waals surface area contributed by atoms with E-state index in [2.05, 4.69) is 16.4 Å². The second-order valence-electron chi connectivity index (χ2n) is 7.30. The molecular formula is C23H26N2O3.